The van der Waals surface area contributed by atoms with Crippen molar-refractivity contribution in [1.82, 2.24) is 5.32 Å². The lowest BCUT2D eigenvalue weighted by atomic mass is 10.2. The molecule has 0 aliphatic carbocycles. The van der Waals surface area contributed by atoms with Crippen LogP contribution in [-0.2, 0) is 9.53 Å². The van der Waals surface area contributed by atoms with Crippen molar-refractivity contribution in [3.05, 3.63) is 0 Å². The maximum atomic E-state index is 10.9. The van der Waals surface area contributed by atoms with Gasteiger partial charge in [0.05, 0.1) is 13.8 Å². The maximum Gasteiger partial charge on any atom is 0.322 e. The quantitative estimate of drug-likeness (QED) is 0.435. The SMILES string of the molecule is CCC[C@H](NCO)C(=O)OC. The van der Waals surface area contributed by atoms with Crippen molar-refractivity contribution < 1.29 is 14.6 Å². The lowest BCUT2D eigenvalue weighted by molar-refractivity contribution is -0.143. The van der Waals surface area contributed by atoms with Crippen LogP contribution in [0.4, 0.5) is 0 Å². The zero-order valence-corrected chi connectivity index (χ0v) is 6.96. The predicted molar refractivity (Wildman–Crippen MR) is 40.9 cm³/mol. The van der Waals surface area contributed by atoms with Gasteiger partial charge in [0.15, 0.2) is 0 Å². The molecule has 0 unspecified atom stereocenters. The van der Waals surface area contributed by atoms with Gasteiger partial charge < -0.3 is 9.84 Å². The Labute approximate surface area is 66.5 Å². The van der Waals surface area contributed by atoms with E-state index in [0.717, 1.165) is 6.42 Å². The fourth-order valence-electron chi connectivity index (χ4n) is 0.844. The van der Waals surface area contributed by atoms with Gasteiger partial charge in [0, 0.05) is 0 Å². The van der Waals surface area contributed by atoms with E-state index in [-0.39, 0.29) is 18.7 Å². The highest BCUT2D eigenvalue weighted by atomic mass is 16.5. The van der Waals surface area contributed by atoms with Crippen molar-refractivity contribution in [3.8, 4) is 0 Å². The molecule has 4 nitrogen and oxygen atoms in total. The number of ether oxygens (including phenoxy) is 1. The van der Waals surface area contributed by atoms with Gasteiger partial charge in [0.2, 0.25) is 0 Å². The van der Waals surface area contributed by atoms with Crippen molar-refractivity contribution in [3.63, 3.8) is 0 Å². The standard InChI is InChI=1S/C7H15NO3/c1-3-4-6(8-5-9)7(10)11-2/h6,8-9H,3-5H2,1-2H3/t6-/m0/s1. The maximum absolute atomic E-state index is 10.9. The van der Waals surface area contributed by atoms with E-state index in [4.69, 9.17) is 5.11 Å². The summed E-state index contributed by atoms with van der Waals surface area (Å²) in [6.07, 6.45) is 1.57. The largest absolute Gasteiger partial charge is 0.468 e. The Morgan fingerprint density at radius 1 is 1.73 bits per heavy atom. The van der Waals surface area contributed by atoms with Crippen LogP contribution < -0.4 is 5.32 Å². The molecule has 0 saturated heterocycles. The molecule has 0 aliphatic rings. The zero-order valence-electron chi connectivity index (χ0n) is 6.96. The van der Waals surface area contributed by atoms with E-state index in [2.05, 4.69) is 10.1 Å². The summed E-state index contributed by atoms with van der Waals surface area (Å²) < 4.78 is 4.50. The van der Waals surface area contributed by atoms with Crippen LogP contribution in [0.15, 0.2) is 0 Å². The minimum Gasteiger partial charge on any atom is -0.468 e. The minimum atomic E-state index is -0.366. The topological polar surface area (TPSA) is 58.6 Å². The Bertz CT molecular complexity index is 110. The van der Waals surface area contributed by atoms with Crippen molar-refractivity contribution in [1.29, 1.82) is 0 Å². The van der Waals surface area contributed by atoms with Crippen molar-refractivity contribution in [2.24, 2.45) is 0 Å². The lowest BCUT2D eigenvalue weighted by Gasteiger charge is -2.12. The number of aliphatic hydroxyl groups excluding tert-OH is 1. The molecule has 0 radical (unpaired) electrons. The smallest absolute Gasteiger partial charge is 0.322 e. The summed E-state index contributed by atoms with van der Waals surface area (Å²) in [5.74, 6) is -0.319. The van der Waals surface area contributed by atoms with Crippen molar-refractivity contribution >= 4 is 5.97 Å². The zero-order chi connectivity index (χ0) is 8.69. The number of methoxy groups -OCH3 is 1. The van der Waals surface area contributed by atoms with E-state index >= 15 is 0 Å². The van der Waals surface area contributed by atoms with E-state index in [1.54, 1.807) is 0 Å². The molecule has 0 aromatic carbocycles. The summed E-state index contributed by atoms with van der Waals surface area (Å²) in [6.45, 7) is 1.77. The summed E-state index contributed by atoms with van der Waals surface area (Å²) in [6, 6.07) is -0.366. The Balaban J connectivity index is 3.76. The van der Waals surface area contributed by atoms with Gasteiger partial charge in [-0.2, -0.15) is 0 Å². The van der Waals surface area contributed by atoms with Gasteiger partial charge in [0.1, 0.15) is 6.04 Å². The Morgan fingerprint density at radius 2 is 2.36 bits per heavy atom. The molecular formula is C7H15NO3. The molecular weight excluding hydrogens is 146 g/mol. The van der Waals surface area contributed by atoms with E-state index in [0.29, 0.717) is 6.42 Å². The second kappa shape index (κ2) is 6.12. The third kappa shape index (κ3) is 3.95. The van der Waals surface area contributed by atoms with Gasteiger partial charge in [-0.1, -0.05) is 13.3 Å². The molecule has 0 aliphatic heterocycles. The summed E-state index contributed by atoms with van der Waals surface area (Å²) in [5, 5.41) is 11.1. The van der Waals surface area contributed by atoms with Crippen molar-refractivity contribution in [2.75, 3.05) is 13.8 Å². The van der Waals surface area contributed by atoms with E-state index in [1.807, 2.05) is 6.92 Å². The summed E-state index contributed by atoms with van der Waals surface area (Å²) in [7, 11) is 1.34. The number of rotatable bonds is 5. The molecule has 0 aromatic rings. The predicted octanol–water partition coefficient (Wildman–Crippen LogP) is -0.132. The molecule has 1 atom stereocenters. The van der Waals surface area contributed by atoms with Crippen LogP contribution in [0.2, 0.25) is 0 Å². The van der Waals surface area contributed by atoms with E-state index < -0.39 is 0 Å². The highest BCUT2D eigenvalue weighted by Crippen LogP contribution is 1.97. The number of hydrogen-bond donors (Lipinski definition) is 2. The number of carbonyl (C=O) groups is 1. The van der Waals surface area contributed by atoms with E-state index in [1.165, 1.54) is 7.11 Å². The molecule has 66 valence electrons. The first-order chi connectivity index (χ1) is 5.26. The molecule has 4 heteroatoms. The Morgan fingerprint density at radius 3 is 2.73 bits per heavy atom. The monoisotopic (exact) mass is 161 g/mol. The second-order valence-corrected chi connectivity index (χ2v) is 2.23. The number of aliphatic hydroxyl groups is 1. The van der Waals surface area contributed by atoms with Gasteiger partial charge in [-0.25, -0.2) is 0 Å². The molecule has 2 N–H and O–H groups in total. The third-order valence-corrected chi connectivity index (χ3v) is 1.40. The van der Waals surface area contributed by atoms with Crippen LogP contribution in [0, 0.1) is 0 Å². The third-order valence-electron chi connectivity index (χ3n) is 1.40. The molecule has 0 spiro atoms. The van der Waals surface area contributed by atoms with E-state index in [9.17, 15) is 4.79 Å². The highest BCUT2D eigenvalue weighted by molar-refractivity contribution is 5.75. The molecule has 0 amide bonds. The second-order valence-electron chi connectivity index (χ2n) is 2.23. The minimum absolute atomic E-state index is 0.195. The molecule has 0 heterocycles. The first kappa shape index (κ1) is 10.4. The normalized spacial score (nSPS) is 12.6. The molecule has 11 heavy (non-hydrogen) atoms. The van der Waals surface area contributed by atoms with Crippen LogP contribution in [0.3, 0.4) is 0 Å². The number of carbonyl (C=O) groups excluding carboxylic acids is 1. The number of esters is 1. The van der Waals surface area contributed by atoms with Crippen LogP contribution in [0.25, 0.3) is 0 Å². The van der Waals surface area contributed by atoms with Gasteiger partial charge >= 0.3 is 5.97 Å². The first-order valence-electron chi connectivity index (χ1n) is 3.68. The lowest BCUT2D eigenvalue weighted by Crippen LogP contribution is -2.37. The number of hydrogen-bond acceptors (Lipinski definition) is 4. The first-order valence-corrected chi connectivity index (χ1v) is 3.68. The Kier molecular flexibility index (Phi) is 5.78. The molecule has 0 saturated carbocycles. The fourth-order valence-corrected chi connectivity index (χ4v) is 0.844. The van der Waals surface area contributed by atoms with Crippen LogP contribution in [0.5, 0.6) is 0 Å². The van der Waals surface area contributed by atoms with Crippen LogP contribution in [0.1, 0.15) is 19.8 Å². The average molecular weight is 161 g/mol. The fraction of sp³-hybridized carbons (Fsp3) is 0.857. The molecule has 0 rings (SSSR count). The summed E-state index contributed by atoms with van der Waals surface area (Å²) in [5.41, 5.74) is 0. The highest BCUT2D eigenvalue weighted by Gasteiger charge is 2.15. The molecule has 0 bridgehead atoms. The molecule has 0 aromatic heterocycles. The number of nitrogens with one attached hydrogen (secondary N) is 1. The van der Waals surface area contributed by atoms with Crippen molar-refractivity contribution in [2.45, 2.75) is 25.8 Å². The van der Waals surface area contributed by atoms with Crippen LogP contribution >= 0.6 is 0 Å². The molecule has 0 fully saturated rings. The van der Waals surface area contributed by atoms with Crippen LogP contribution in [-0.4, -0.2) is 31.0 Å². The Hall–Kier alpha value is -0.610. The van der Waals surface area contributed by atoms with Gasteiger partial charge in [-0.05, 0) is 6.42 Å². The van der Waals surface area contributed by atoms with Gasteiger partial charge in [0.25, 0.3) is 0 Å². The van der Waals surface area contributed by atoms with Gasteiger partial charge in [-0.15, -0.1) is 0 Å². The summed E-state index contributed by atoms with van der Waals surface area (Å²) in [4.78, 5) is 10.9. The average Bonchev–Trinajstić information content (AvgIpc) is 2.03. The summed E-state index contributed by atoms with van der Waals surface area (Å²) >= 11 is 0. The van der Waals surface area contributed by atoms with Gasteiger partial charge in [-0.3, -0.25) is 10.1 Å².